The van der Waals surface area contributed by atoms with Gasteiger partial charge in [-0.05, 0) is 60.0 Å². The SMILES string of the molecule is Cc1cccc(-n2nnnc2SCCCN2C(=O)c3ccccc3C2=O)c1C. The molecule has 0 saturated carbocycles. The Morgan fingerprint density at radius 1 is 0.964 bits per heavy atom. The van der Waals surface area contributed by atoms with Crippen LogP contribution in [0.3, 0.4) is 0 Å². The molecule has 0 radical (unpaired) electrons. The van der Waals surface area contributed by atoms with Crippen LogP contribution >= 0.6 is 11.8 Å². The van der Waals surface area contributed by atoms with E-state index in [9.17, 15) is 9.59 Å². The molecule has 28 heavy (non-hydrogen) atoms. The van der Waals surface area contributed by atoms with Crippen LogP contribution in [-0.2, 0) is 0 Å². The van der Waals surface area contributed by atoms with Crippen molar-refractivity contribution in [2.24, 2.45) is 0 Å². The average Bonchev–Trinajstić information content (AvgIpc) is 3.26. The van der Waals surface area contributed by atoms with E-state index in [0.29, 0.717) is 35.0 Å². The van der Waals surface area contributed by atoms with E-state index in [4.69, 9.17) is 0 Å². The summed E-state index contributed by atoms with van der Waals surface area (Å²) in [6.07, 6.45) is 0.662. The van der Waals surface area contributed by atoms with Crippen LogP contribution in [0, 0.1) is 13.8 Å². The molecule has 0 saturated heterocycles. The van der Waals surface area contributed by atoms with Gasteiger partial charge in [-0.2, -0.15) is 4.68 Å². The number of aryl methyl sites for hydroxylation is 1. The van der Waals surface area contributed by atoms with Gasteiger partial charge >= 0.3 is 0 Å². The monoisotopic (exact) mass is 393 g/mol. The van der Waals surface area contributed by atoms with Gasteiger partial charge in [0.2, 0.25) is 5.16 Å². The summed E-state index contributed by atoms with van der Waals surface area (Å²) in [5.74, 6) is 0.259. The van der Waals surface area contributed by atoms with Gasteiger partial charge in [-0.15, -0.1) is 5.10 Å². The Bertz CT molecular complexity index is 1030. The lowest BCUT2D eigenvalue weighted by Crippen LogP contribution is -2.31. The van der Waals surface area contributed by atoms with Gasteiger partial charge in [0.15, 0.2) is 0 Å². The van der Waals surface area contributed by atoms with E-state index >= 15 is 0 Å². The largest absolute Gasteiger partial charge is 0.274 e. The highest BCUT2D eigenvalue weighted by molar-refractivity contribution is 7.99. The van der Waals surface area contributed by atoms with E-state index < -0.39 is 0 Å². The van der Waals surface area contributed by atoms with Crippen molar-refractivity contribution in [1.29, 1.82) is 0 Å². The van der Waals surface area contributed by atoms with E-state index in [1.165, 1.54) is 22.2 Å². The zero-order valence-corrected chi connectivity index (χ0v) is 16.4. The maximum absolute atomic E-state index is 12.4. The highest BCUT2D eigenvalue weighted by Gasteiger charge is 2.34. The second-order valence-corrected chi connectivity index (χ2v) is 7.66. The molecule has 4 rings (SSSR count). The lowest BCUT2D eigenvalue weighted by Gasteiger charge is -2.13. The predicted octanol–water partition coefficient (Wildman–Crippen LogP) is 3.06. The Labute approximate surface area is 166 Å². The van der Waals surface area contributed by atoms with Gasteiger partial charge in [0.1, 0.15) is 0 Å². The second-order valence-electron chi connectivity index (χ2n) is 6.60. The van der Waals surface area contributed by atoms with E-state index in [0.717, 1.165) is 11.3 Å². The number of amides is 2. The molecule has 3 aromatic rings. The molecule has 0 bridgehead atoms. The van der Waals surface area contributed by atoms with Crippen molar-refractivity contribution in [2.75, 3.05) is 12.3 Å². The third-order valence-corrected chi connectivity index (χ3v) is 5.89. The maximum Gasteiger partial charge on any atom is 0.261 e. The van der Waals surface area contributed by atoms with Gasteiger partial charge in [0, 0.05) is 12.3 Å². The summed E-state index contributed by atoms with van der Waals surface area (Å²) < 4.78 is 1.73. The first-order valence-electron chi connectivity index (χ1n) is 9.01. The minimum atomic E-state index is -0.217. The number of thioether (sulfide) groups is 1. The van der Waals surface area contributed by atoms with Crippen molar-refractivity contribution >= 4 is 23.6 Å². The van der Waals surface area contributed by atoms with Gasteiger partial charge in [-0.3, -0.25) is 14.5 Å². The highest BCUT2D eigenvalue weighted by Crippen LogP contribution is 2.25. The van der Waals surface area contributed by atoms with Gasteiger partial charge in [-0.25, -0.2) is 0 Å². The van der Waals surface area contributed by atoms with Crippen LogP contribution in [0.2, 0.25) is 0 Å². The Hall–Kier alpha value is -3.00. The zero-order valence-electron chi connectivity index (χ0n) is 15.6. The van der Waals surface area contributed by atoms with Gasteiger partial charge in [0.25, 0.3) is 11.8 Å². The van der Waals surface area contributed by atoms with E-state index in [2.05, 4.69) is 28.5 Å². The van der Waals surface area contributed by atoms with Gasteiger partial charge < -0.3 is 0 Å². The standard InChI is InChI=1S/C20H19N5O2S/c1-13-7-5-10-17(14(13)2)25-20(21-22-23-25)28-12-6-11-24-18(26)15-8-3-4-9-16(15)19(24)27/h3-5,7-10H,6,11-12H2,1-2H3. The average molecular weight is 393 g/mol. The molecule has 1 aliphatic heterocycles. The van der Waals surface area contributed by atoms with Crippen LogP contribution < -0.4 is 0 Å². The van der Waals surface area contributed by atoms with E-state index in [1.807, 2.05) is 19.1 Å². The van der Waals surface area contributed by atoms with Crippen LogP contribution in [0.15, 0.2) is 47.6 Å². The number of aromatic nitrogens is 4. The number of hydrogen-bond acceptors (Lipinski definition) is 6. The quantitative estimate of drug-likeness (QED) is 0.364. The number of imide groups is 1. The third kappa shape index (κ3) is 3.20. The summed E-state index contributed by atoms with van der Waals surface area (Å²) in [6, 6.07) is 13.0. The first-order chi connectivity index (χ1) is 13.6. The Morgan fingerprint density at radius 2 is 1.68 bits per heavy atom. The fourth-order valence-corrected chi connectivity index (χ4v) is 4.02. The number of carbonyl (C=O) groups excluding carboxylic acids is 2. The van der Waals surface area contributed by atoms with Crippen molar-refractivity contribution in [3.8, 4) is 5.69 Å². The zero-order chi connectivity index (χ0) is 19.7. The number of hydrogen-bond donors (Lipinski definition) is 0. The van der Waals surface area contributed by atoms with Crippen LogP contribution in [0.25, 0.3) is 5.69 Å². The number of nitrogens with zero attached hydrogens (tertiary/aromatic N) is 5. The fourth-order valence-electron chi connectivity index (χ4n) is 3.21. The van der Waals surface area contributed by atoms with Crippen molar-refractivity contribution in [2.45, 2.75) is 25.4 Å². The third-order valence-electron chi connectivity index (χ3n) is 4.88. The summed E-state index contributed by atoms with van der Waals surface area (Å²) in [4.78, 5) is 26.1. The number of fused-ring (bicyclic) bond motifs is 1. The second kappa shape index (κ2) is 7.55. The molecule has 0 spiro atoms. The molecular formula is C20H19N5O2S. The normalized spacial score (nSPS) is 13.3. The number of benzene rings is 2. The molecule has 142 valence electrons. The van der Waals surface area contributed by atoms with Crippen LogP contribution in [-0.4, -0.2) is 49.2 Å². The minimum absolute atomic E-state index is 0.217. The topological polar surface area (TPSA) is 81.0 Å². The molecule has 1 aliphatic rings. The minimum Gasteiger partial charge on any atom is -0.274 e. The summed E-state index contributed by atoms with van der Waals surface area (Å²) >= 11 is 1.51. The molecule has 0 aliphatic carbocycles. The maximum atomic E-state index is 12.4. The Balaban J connectivity index is 1.39. The summed E-state index contributed by atoms with van der Waals surface area (Å²) in [5, 5.41) is 12.7. The van der Waals surface area contributed by atoms with Gasteiger partial charge in [0.05, 0.1) is 16.8 Å². The highest BCUT2D eigenvalue weighted by atomic mass is 32.2. The Morgan fingerprint density at radius 3 is 2.39 bits per heavy atom. The first kappa shape index (κ1) is 18.4. The van der Waals surface area contributed by atoms with Crippen molar-refractivity contribution in [3.63, 3.8) is 0 Å². The molecule has 2 amide bonds. The van der Waals surface area contributed by atoms with E-state index in [1.54, 1.807) is 28.9 Å². The first-order valence-corrected chi connectivity index (χ1v) is 9.99. The number of tetrazole rings is 1. The lowest BCUT2D eigenvalue weighted by molar-refractivity contribution is 0.0655. The van der Waals surface area contributed by atoms with Crippen LogP contribution in [0.1, 0.15) is 38.3 Å². The Kier molecular flexibility index (Phi) is 4.95. The molecule has 0 fully saturated rings. The van der Waals surface area contributed by atoms with Crippen LogP contribution in [0.5, 0.6) is 0 Å². The summed E-state index contributed by atoms with van der Waals surface area (Å²) in [5.41, 5.74) is 4.23. The molecule has 0 atom stereocenters. The number of rotatable bonds is 6. The molecule has 0 unspecified atom stereocenters. The lowest BCUT2D eigenvalue weighted by atomic mass is 10.1. The van der Waals surface area contributed by atoms with Crippen molar-refractivity contribution in [1.82, 2.24) is 25.1 Å². The molecule has 2 heterocycles. The molecule has 7 nitrogen and oxygen atoms in total. The molecule has 2 aromatic carbocycles. The van der Waals surface area contributed by atoms with Crippen LogP contribution in [0.4, 0.5) is 0 Å². The van der Waals surface area contributed by atoms with Crippen molar-refractivity contribution in [3.05, 3.63) is 64.7 Å². The number of carbonyl (C=O) groups is 2. The fraction of sp³-hybridized carbons (Fsp3) is 0.250. The summed E-state index contributed by atoms with van der Waals surface area (Å²) in [7, 11) is 0. The van der Waals surface area contributed by atoms with E-state index in [-0.39, 0.29) is 11.8 Å². The summed E-state index contributed by atoms with van der Waals surface area (Å²) in [6.45, 7) is 4.48. The molecule has 8 heteroatoms. The predicted molar refractivity (Wildman–Crippen MR) is 106 cm³/mol. The molecule has 0 N–H and O–H groups in total. The molecular weight excluding hydrogens is 374 g/mol. The van der Waals surface area contributed by atoms with Crippen molar-refractivity contribution < 1.29 is 9.59 Å². The molecule has 1 aromatic heterocycles. The van der Waals surface area contributed by atoms with Gasteiger partial charge in [-0.1, -0.05) is 36.0 Å². The smallest absolute Gasteiger partial charge is 0.261 e.